The minimum atomic E-state index is 0.262. The Labute approximate surface area is 114 Å². The summed E-state index contributed by atoms with van der Waals surface area (Å²) in [4.78, 5) is 14.4. The monoisotopic (exact) mass is 264 g/mol. The predicted octanol–water partition coefficient (Wildman–Crippen LogP) is 1.76. The van der Waals surface area contributed by atoms with Crippen LogP contribution < -0.4 is 16.0 Å². The first-order chi connectivity index (χ1) is 9.06. The molecule has 1 aromatic heterocycles. The molecule has 106 valence electrons. The summed E-state index contributed by atoms with van der Waals surface area (Å²) >= 11 is 0. The van der Waals surface area contributed by atoms with Crippen molar-refractivity contribution in [3.63, 3.8) is 0 Å². The van der Waals surface area contributed by atoms with Crippen molar-refractivity contribution < 1.29 is 0 Å². The third kappa shape index (κ3) is 3.68. The summed E-state index contributed by atoms with van der Waals surface area (Å²) in [6.45, 7) is 3.25. The molecule has 1 fully saturated rings. The van der Waals surface area contributed by atoms with Crippen LogP contribution in [0.25, 0.3) is 0 Å². The highest BCUT2D eigenvalue weighted by Crippen LogP contribution is 2.29. The van der Waals surface area contributed by atoms with E-state index in [2.05, 4.69) is 27.2 Å². The maximum Gasteiger partial charge on any atom is 0.231 e. The first-order valence-electron chi connectivity index (χ1n) is 6.99. The molecule has 0 bridgehead atoms. The summed E-state index contributed by atoms with van der Waals surface area (Å²) < 4.78 is 0. The van der Waals surface area contributed by atoms with Crippen molar-refractivity contribution in [1.82, 2.24) is 15.0 Å². The number of hydrogen-bond acceptors (Lipinski definition) is 6. The molecule has 1 aliphatic rings. The molecule has 2 unspecified atom stereocenters. The van der Waals surface area contributed by atoms with Crippen molar-refractivity contribution >= 4 is 17.8 Å². The van der Waals surface area contributed by atoms with Gasteiger partial charge in [0.05, 0.1) is 0 Å². The quantitative estimate of drug-likeness (QED) is 0.862. The summed E-state index contributed by atoms with van der Waals surface area (Å²) in [5.74, 6) is 2.90. The van der Waals surface area contributed by atoms with Crippen LogP contribution in [0.1, 0.15) is 32.6 Å². The minimum Gasteiger partial charge on any atom is -0.368 e. The molecule has 3 N–H and O–H groups in total. The van der Waals surface area contributed by atoms with Gasteiger partial charge >= 0.3 is 0 Å². The van der Waals surface area contributed by atoms with E-state index in [4.69, 9.17) is 5.73 Å². The highest BCUT2D eigenvalue weighted by Gasteiger charge is 2.21. The molecule has 6 heteroatoms. The lowest BCUT2D eigenvalue weighted by Crippen LogP contribution is -2.25. The fraction of sp³-hybridized carbons (Fsp3) is 0.769. The van der Waals surface area contributed by atoms with E-state index < -0.39 is 0 Å². The molecule has 2 rings (SSSR count). The summed E-state index contributed by atoms with van der Waals surface area (Å²) in [5, 5.41) is 3.31. The first kappa shape index (κ1) is 13.8. The van der Waals surface area contributed by atoms with Gasteiger partial charge in [0.15, 0.2) is 0 Å². The van der Waals surface area contributed by atoms with Gasteiger partial charge in [-0.1, -0.05) is 26.2 Å². The van der Waals surface area contributed by atoms with Crippen LogP contribution in [-0.2, 0) is 0 Å². The molecule has 1 aromatic rings. The zero-order valence-corrected chi connectivity index (χ0v) is 12.1. The maximum atomic E-state index is 5.70. The van der Waals surface area contributed by atoms with Crippen molar-refractivity contribution in [2.24, 2.45) is 11.8 Å². The van der Waals surface area contributed by atoms with Gasteiger partial charge in [0, 0.05) is 20.6 Å². The molecule has 0 aromatic carbocycles. The van der Waals surface area contributed by atoms with Crippen molar-refractivity contribution in [2.45, 2.75) is 32.6 Å². The number of anilines is 3. The zero-order valence-electron chi connectivity index (χ0n) is 12.1. The van der Waals surface area contributed by atoms with Crippen LogP contribution in [-0.4, -0.2) is 35.6 Å². The van der Waals surface area contributed by atoms with Gasteiger partial charge in [-0.2, -0.15) is 15.0 Å². The smallest absolute Gasteiger partial charge is 0.231 e. The van der Waals surface area contributed by atoms with Gasteiger partial charge in [-0.15, -0.1) is 0 Å². The molecule has 1 aliphatic carbocycles. The Hall–Kier alpha value is -1.59. The van der Waals surface area contributed by atoms with Crippen LogP contribution in [0.4, 0.5) is 17.8 Å². The van der Waals surface area contributed by atoms with E-state index >= 15 is 0 Å². The number of nitrogens with zero attached hydrogens (tertiary/aromatic N) is 4. The van der Waals surface area contributed by atoms with E-state index in [1.807, 2.05) is 19.0 Å². The molecule has 0 saturated heterocycles. The Morgan fingerprint density at radius 2 is 1.95 bits per heavy atom. The summed E-state index contributed by atoms with van der Waals surface area (Å²) in [6, 6.07) is 0. The number of rotatable bonds is 4. The van der Waals surface area contributed by atoms with Crippen LogP contribution in [0.3, 0.4) is 0 Å². The van der Waals surface area contributed by atoms with Crippen LogP contribution in [0, 0.1) is 11.8 Å². The summed E-state index contributed by atoms with van der Waals surface area (Å²) in [7, 11) is 3.78. The van der Waals surface area contributed by atoms with Crippen LogP contribution >= 0.6 is 0 Å². The topological polar surface area (TPSA) is 80.0 Å². The second-order valence-corrected chi connectivity index (χ2v) is 5.61. The first-order valence-corrected chi connectivity index (χ1v) is 6.99. The molecule has 0 aliphatic heterocycles. The minimum absolute atomic E-state index is 0.262. The SMILES string of the molecule is CC1CCCCC1CNc1nc(N)nc(N(C)C)n1. The predicted molar refractivity (Wildman–Crippen MR) is 78.2 cm³/mol. The molecule has 2 atom stereocenters. The van der Waals surface area contributed by atoms with E-state index in [9.17, 15) is 0 Å². The van der Waals surface area contributed by atoms with Gasteiger partial charge in [0.1, 0.15) is 0 Å². The highest BCUT2D eigenvalue weighted by molar-refractivity contribution is 5.40. The number of hydrogen-bond donors (Lipinski definition) is 2. The number of nitrogens with one attached hydrogen (secondary N) is 1. The van der Waals surface area contributed by atoms with E-state index in [1.54, 1.807) is 0 Å². The Morgan fingerprint density at radius 1 is 1.21 bits per heavy atom. The van der Waals surface area contributed by atoms with E-state index in [1.165, 1.54) is 25.7 Å². The van der Waals surface area contributed by atoms with Crippen LogP contribution in [0.15, 0.2) is 0 Å². The lowest BCUT2D eigenvalue weighted by molar-refractivity contribution is 0.268. The van der Waals surface area contributed by atoms with Crippen molar-refractivity contribution in [3.05, 3.63) is 0 Å². The average Bonchev–Trinajstić information content (AvgIpc) is 2.37. The molecule has 19 heavy (non-hydrogen) atoms. The molecular weight excluding hydrogens is 240 g/mol. The second-order valence-electron chi connectivity index (χ2n) is 5.61. The fourth-order valence-electron chi connectivity index (χ4n) is 2.58. The van der Waals surface area contributed by atoms with Gasteiger partial charge in [-0.3, -0.25) is 0 Å². The van der Waals surface area contributed by atoms with Crippen molar-refractivity contribution in [1.29, 1.82) is 0 Å². The normalized spacial score (nSPS) is 23.1. The molecule has 1 heterocycles. The third-order valence-electron chi connectivity index (χ3n) is 3.85. The molecule has 0 radical (unpaired) electrons. The van der Waals surface area contributed by atoms with Gasteiger partial charge in [-0.25, -0.2) is 0 Å². The average molecular weight is 264 g/mol. The van der Waals surface area contributed by atoms with Gasteiger partial charge in [0.2, 0.25) is 17.8 Å². The van der Waals surface area contributed by atoms with E-state index in [0.29, 0.717) is 17.8 Å². The third-order valence-corrected chi connectivity index (χ3v) is 3.85. The summed E-state index contributed by atoms with van der Waals surface area (Å²) in [6.07, 6.45) is 5.31. The molecule has 0 amide bonds. The number of aromatic nitrogens is 3. The lowest BCUT2D eigenvalue weighted by Gasteiger charge is -2.28. The Kier molecular flexibility index (Phi) is 4.39. The van der Waals surface area contributed by atoms with E-state index in [-0.39, 0.29) is 5.95 Å². The fourth-order valence-corrected chi connectivity index (χ4v) is 2.58. The lowest BCUT2D eigenvalue weighted by atomic mass is 9.80. The summed E-state index contributed by atoms with van der Waals surface area (Å²) in [5.41, 5.74) is 5.70. The highest BCUT2D eigenvalue weighted by atomic mass is 15.3. The standard InChI is InChI=1S/C13H24N6/c1-9-6-4-5-7-10(9)8-15-12-16-11(14)17-13(18-12)19(2)3/h9-10H,4-8H2,1-3H3,(H3,14,15,16,17,18). The zero-order chi connectivity index (χ0) is 13.8. The van der Waals surface area contributed by atoms with E-state index in [0.717, 1.165) is 12.5 Å². The largest absolute Gasteiger partial charge is 0.368 e. The molecule has 1 saturated carbocycles. The molecule has 0 spiro atoms. The van der Waals surface area contributed by atoms with Crippen LogP contribution in [0.5, 0.6) is 0 Å². The van der Waals surface area contributed by atoms with Gasteiger partial charge in [0.25, 0.3) is 0 Å². The van der Waals surface area contributed by atoms with Gasteiger partial charge < -0.3 is 16.0 Å². The van der Waals surface area contributed by atoms with Gasteiger partial charge in [-0.05, 0) is 18.3 Å². The maximum absolute atomic E-state index is 5.70. The Morgan fingerprint density at radius 3 is 2.63 bits per heavy atom. The number of nitrogen functional groups attached to an aromatic ring is 1. The molecule has 6 nitrogen and oxygen atoms in total. The number of nitrogens with two attached hydrogens (primary N) is 1. The van der Waals surface area contributed by atoms with Crippen molar-refractivity contribution in [3.8, 4) is 0 Å². The van der Waals surface area contributed by atoms with Crippen molar-refractivity contribution in [2.75, 3.05) is 36.6 Å². The second kappa shape index (κ2) is 6.04. The van der Waals surface area contributed by atoms with Crippen LogP contribution in [0.2, 0.25) is 0 Å². The Bertz CT molecular complexity index is 420. The molecular formula is C13H24N6. The Balaban J connectivity index is 1.98.